The van der Waals surface area contributed by atoms with Crippen LogP contribution in [0.1, 0.15) is 26.3 Å². The highest BCUT2D eigenvalue weighted by Crippen LogP contribution is 2.20. The number of carbonyl (C=O) groups excluding carboxylic acids is 1. The van der Waals surface area contributed by atoms with Crippen LogP contribution in [0.3, 0.4) is 0 Å². The Kier molecular flexibility index (Phi) is 8.86. The minimum atomic E-state index is -0.436. The predicted molar refractivity (Wildman–Crippen MR) is 101 cm³/mol. The third-order valence-electron chi connectivity index (χ3n) is 3.34. The van der Waals surface area contributed by atoms with Gasteiger partial charge in [-0.3, -0.25) is 0 Å². The molecule has 0 fully saturated rings. The summed E-state index contributed by atoms with van der Waals surface area (Å²) in [6, 6.07) is 7.80. The molecule has 0 aliphatic heterocycles. The standard InChI is InChI=1S/C21H26O4/c1-16(2)13-14-25-20-12-7-6-10-18(20)11-8-9-17(3)19(15-23-4)21(22)24-5/h6-13,15H,14H2,1-5H3. The lowest BCUT2D eigenvalue weighted by Gasteiger charge is -2.07. The fraction of sp³-hybridized carbons (Fsp3) is 0.286. The van der Waals surface area contributed by atoms with Gasteiger partial charge in [0.2, 0.25) is 0 Å². The largest absolute Gasteiger partial charge is 0.503 e. The Hall–Kier alpha value is -2.75. The van der Waals surface area contributed by atoms with Crippen molar-refractivity contribution in [2.45, 2.75) is 20.8 Å². The molecule has 0 bridgehead atoms. The lowest BCUT2D eigenvalue weighted by Crippen LogP contribution is -2.06. The fourth-order valence-electron chi connectivity index (χ4n) is 1.96. The summed E-state index contributed by atoms with van der Waals surface area (Å²) in [5, 5.41) is 0. The van der Waals surface area contributed by atoms with E-state index in [4.69, 9.17) is 14.2 Å². The van der Waals surface area contributed by atoms with E-state index in [9.17, 15) is 4.79 Å². The lowest BCUT2D eigenvalue weighted by atomic mass is 10.1. The van der Waals surface area contributed by atoms with Gasteiger partial charge in [0.05, 0.1) is 26.1 Å². The van der Waals surface area contributed by atoms with Crippen molar-refractivity contribution in [1.29, 1.82) is 0 Å². The number of ether oxygens (including phenoxy) is 3. The zero-order valence-electron chi connectivity index (χ0n) is 15.5. The van der Waals surface area contributed by atoms with Gasteiger partial charge >= 0.3 is 5.97 Å². The minimum absolute atomic E-state index is 0.378. The second-order valence-electron chi connectivity index (χ2n) is 5.60. The van der Waals surface area contributed by atoms with Crippen molar-refractivity contribution in [3.8, 4) is 5.75 Å². The molecule has 1 rings (SSSR count). The molecule has 0 aromatic heterocycles. The number of para-hydroxylation sites is 1. The highest BCUT2D eigenvalue weighted by atomic mass is 16.5. The van der Waals surface area contributed by atoms with Crippen LogP contribution in [0.2, 0.25) is 0 Å². The lowest BCUT2D eigenvalue weighted by molar-refractivity contribution is -0.135. The zero-order valence-corrected chi connectivity index (χ0v) is 15.5. The van der Waals surface area contributed by atoms with Crippen molar-refractivity contribution in [3.63, 3.8) is 0 Å². The monoisotopic (exact) mass is 342 g/mol. The van der Waals surface area contributed by atoms with Crippen molar-refractivity contribution in [2.24, 2.45) is 0 Å². The maximum absolute atomic E-state index is 11.7. The topological polar surface area (TPSA) is 44.8 Å². The van der Waals surface area contributed by atoms with Crippen molar-refractivity contribution in [3.05, 3.63) is 71.0 Å². The molecule has 0 N–H and O–H groups in total. The summed E-state index contributed by atoms with van der Waals surface area (Å²) in [5.74, 6) is 0.373. The van der Waals surface area contributed by atoms with E-state index in [0.717, 1.165) is 16.9 Å². The van der Waals surface area contributed by atoms with E-state index in [1.165, 1.54) is 26.1 Å². The van der Waals surface area contributed by atoms with E-state index in [2.05, 4.69) is 0 Å². The summed E-state index contributed by atoms with van der Waals surface area (Å²) in [4.78, 5) is 11.7. The van der Waals surface area contributed by atoms with E-state index in [-0.39, 0.29) is 0 Å². The number of benzene rings is 1. The van der Waals surface area contributed by atoms with Crippen LogP contribution >= 0.6 is 0 Å². The predicted octanol–water partition coefficient (Wildman–Crippen LogP) is 4.69. The maximum Gasteiger partial charge on any atom is 0.341 e. The highest BCUT2D eigenvalue weighted by Gasteiger charge is 2.11. The van der Waals surface area contributed by atoms with Crippen LogP contribution in [0.4, 0.5) is 0 Å². The number of carbonyl (C=O) groups is 1. The van der Waals surface area contributed by atoms with Crippen LogP contribution in [-0.2, 0) is 14.3 Å². The molecule has 0 aliphatic rings. The first-order valence-corrected chi connectivity index (χ1v) is 8.01. The molecule has 0 aliphatic carbocycles. The smallest absolute Gasteiger partial charge is 0.341 e. The average Bonchev–Trinajstić information content (AvgIpc) is 2.59. The third-order valence-corrected chi connectivity index (χ3v) is 3.34. The zero-order chi connectivity index (χ0) is 18.7. The van der Waals surface area contributed by atoms with E-state index in [1.807, 2.05) is 69.3 Å². The van der Waals surface area contributed by atoms with Gasteiger partial charge in [0.1, 0.15) is 12.4 Å². The molecule has 1 aromatic rings. The van der Waals surface area contributed by atoms with Crippen molar-refractivity contribution in [1.82, 2.24) is 0 Å². The minimum Gasteiger partial charge on any atom is -0.503 e. The third kappa shape index (κ3) is 7.12. The average molecular weight is 342 g/mol. The van der Waals surface area contributed by atoms with E-state index < -0.39 is 5.97 Å². The molecule has 134 valence electrons. The first-order valence-electron chi connectivity index (χ1n) is 8.01. The number of hydrogen-bond acceptors (Lipinski definition) is 4. The van der Waals surface area contributed by atoms with E-state index >= 15 is 0 Å². The van der Waals surface area contributed by atoms with Gasteiger partial charge in [-0.15, -0.1) is 0 Å². The molecule has 0 saturated carbocycles. The summed E-state index contributed by atoms with van der Waals surface area (Å²) in [6.07, 6.45) is 9.04. The van der Waals surface area contributed by atoms with Gasteiger partial charge in [0, 0.05) is 5.56 Å². The van der Waals surface area contributed by atoms with Crippen LogP contribution in [0.15, 0.2) is 65.5 Å². The molecule has 4 heteroatoms. The molecule has 0 unspecified atom stereocenters. The molecule has 0 spiro atoms. The quantitative estimate of drug-likeness (QED) is 0.226. The molecule has 0 saturated heterocycles. The Morgan fingerprint density at radius 3 is 2.48 bits per heavy atom. The maximum atomic E-state index is 11.7. The van der Waals surface area contributed by atoms with E-state index in [0.29, 0.717) is 12.2 Å². The van der Waals surface area contributed by atoms with Gasteiger partial charge in [-0.25, -0.2) is 4.79 Å². The number of esters is 1. The second kappa shape index (κ2) is 10.9. The van der Waals surface area contributed by atoms with E-state index in [1.54, 1.807) is 0 Å². The summed E-state index contributed by atoms with van der Waals surface area (Å²) in [5.41, 5.74) is 3.30. The second-order valence-corrected chi connectivity index (χ2v) is 5.60. The highest BCUT2D eigenvalue weighted by molar-refractivity contribution is 5.93. The molecule has 0 amide bonds. The molecule has 0 atom stereocenters. The van der Waals surface area contributed by atoms with Crippen LogP contribution < -0.4 is 4.74 Å². The van der Waals surface area contributed by atoms with Gasteiger partial charge in [0.15, 0.2) is 0 Å². The van der Waals surface area contributed by atoms with Crippen LogP contribution in [-0.4, -0.2) is 26.8 Å². The first kappa shape index (κ1) is 20.3. The van der Waals surface area contributed by atoms with Crippen LogP contribution in [0.25, 0.3) is 6.08 Å². The molecule has 25 heavy (non-hydrogen) atoms. The Balaban J connectivity index is 2.92. The molecule has 0 radical (unpaired) electrons. The van der Waals surface area contributed by atoms with Gasteiger partial charge in [-0.05, 0) is 38.5 Å². The number of hydrogen-bond donors (Lipinski definition) is 0. The van der Waals surface area contributed by atoms with Crippen molar-refractivity contribution < 1.29 is 19.0 Å². The molecule has 4 nitrogen and oxygen atoms in total. The summed E-state index contributed by atoms with van der Waals surface area (Å²) in [7, 11) is 2.83. The fourth-order valence-corrected chi connectivity index (χ4v) is 1.96. The number of rotatable bonds is 8. The van der Waals surface area contributed by atoms with Crippen LogP contribution in [0, 0.1) is 0 Å². The van der Waals surface area contributed by atoms with Crippen molar-refractivity contribution in [2.75, 3.05) is 20.8 Å². The number of methoxy groups -OCH3 is 2. The molecular formula is C21H26O4. The summed E-state index contributed by atoms with van der Waals surface area (Å²) < 4.78 is 15.5. The first-order chi connectivity index (χ1) is 12.0. The van der Waals surface area contributed by atoms with Gasteiger partial charge < -0.3 is 14.2 Å². The molecule has 1 aromatic carbocycles. The van der Waals surface area contributed by atoms with Gasteiger partial charge in [0.25, 0.3) is 0 Å². The Morgan fingerprint density at radius 1 is 1.12 bits per heavy atom. The van der Waals surface area contributed by atoms with Crippen LogP contribution in [0.5, 0.6) is 5.75 Å². The Morgan fingerprint density at radius 2 is 1.84 bits per heavy atom. The number of allylic oxidation sites excluding steroid dienone is 3. The molecular weight excluding hydrogens is 316 g/mol. The van der Waals surface area contributed by atoms with Gasteiger partial charge in [-0.1, -0.05) is 42.0 Å². The Labute approximate surface area is 150 Å². The summed E-state index contributed by atoms with van der Waals surface area (Å²) >= 11 is 0. The summed E-state index contributed by atoms with van der Waals surface area (Å²) in [6.45, 7) is 6.43. The van der Waals surface area contributed by atoms with Gasteiger partial charge in [-0.2, -0.15) is 0 Å². The SMILES string of the molecule is COC=C(C(=O)OC)C(C)=CC=Cc1ccccc1OCC=C(C)C. The Bertz CT molecular complexity index is 690. The van der Waals surface area contributed by atoms with Crippen molar-refractivity contribution >= 4 is 12.0 Å². The molecule has 0 heterocycles. The normalized spacial score (nSPS) is 12.0.